The van der Waals surface area contributed by atoms with E-state index in [0.717, 1.165) is 0 Å². The number of nitrogens with zero attached hydrogens (tertiary/aromatic N) is 2. The van der Waals surface area contributed by atoms with Crippen LogP contribution in [0.3, 0.4) is 0 Å². The summed E-state index contributed by atoms with van der Waals surface area (Å²) in [6.45, 7) is -0.163. The highest BCUT2D eigenvalue weighted by Gasteiger charge is 2.09. The van der Waals surface area contributed by atoms with Crippen molar-refractivity contribution in [2.24, 2.45) is 5.84 Å². The number of aliphatic hydroxyl groups excluding tert-OH is 2. The number of nitrogens with one attached hydrogen (secondary N) is 2. The SMILES string of the molecule is COCc1nc(NN)cc(NC(CO)CO)n1. The lowest BCUT2D eigenvalue weighted by Crippen LogP contribution is -2.28. The second kappa shape index (κ2) is 6.97. The molecule has 0 amide bonds. The fourth-order valence-electron chi connectivity index (χ4n) is 1.20. The zero-order chi connectivity index (χ0) is 12.7. The molecule has 17 heavy (non-hydrogen) atoms. The van der Waals surface area contributed by atoms with Gasteiger partial charge in [0.2, 0.25) is 0 Å². The summed E-state index contributed by atoms with van der Waals surface area (Å²) >= 11 is 0. The quantitative estimate of drug-likeness (QED) is 0.295. The van der Waals surface area contributed by atoms with Crippen molar-refractivity contribution in [3.63, 3.8) is 0 Å². The molecule has 0 saturated heterocycles. The van der Waals surface area contributed by atoms with E-state index in [-0.39, 0.29) is 19.8 Å². The van der Waals surface area contributed by atoms with Crippen molar-refractivity contribution in [2.45, 2.75) is 12.6 Å². The lowest BCUT2D eigenvalue weighted by molar-refractivity contribution is 0.178. The fourth-order valence-corrected chi connectivity index (χ4v) is 1.20. The number of hydrogen-bond donors (Lipinski definition) is 5. The molecule has 0 aliphatic carbocycles. The molecule has 0 saturated carbocycles. The lowest BCUT2D eigenvalue weighted by atomic mass is 10.3. The van der Waals surface area contributed by atoms with Gasteiger partial charge in [0.05, 0.1) is 19.3 Å². The van der Waals surface area contributed by atoms with Crippen LogP contribution < -0.4 is 16.6 Å². The number of methoxy groups -OCH3 is 1. The van der Waals surface area contributed by atoms with Gasteiger partial charge in [0.15, 0.2) is 5.82 Å². The Labute approximate surface area is 98.8 Å². The fraction of sp³-hybridized carbons (Fsp3) is 0.556. The highest BCUT2D eigenvalue weighted by atomic mass is 16.5. The first-order valence-electron chi connectivity index (χ1n) is 5.05. The maximum atomic E-state index is 8.96. The van der Waals surface area contributed by atoms with E-state index in [1.807, 2.05) is 0 Å². The Morgan fingerprint density at radius 1 is 1.35 bits per heavy atom. The van der Waals surface area contributed by atoms with Gasteiger partial charge in [-0.25, -0.2) is 15.8 Å². The first-order chi connectivity index (χ1) is 8.23. The van der Waals surface area contributed by atoms with Crippen LogP contribution in [0.15, 0.2) is 6.07 Å². The highest BCUT2D eigenvalue weighted by Crippen LogP contribution is 2.11. The molecule has 6 N–H and O–H groups in total. The lowest BCUT2D eigenvalue weighted by Gasteiger charge is -2.15. The number of rotatable bonds is 7. The third-order valence-corrected chi connectivity index (χ3v) is 1.99. The van der Waals surface area contributed by atoms with Gasteiger partial charge in [-0.05, 0) is 0 Å². The second-order valence-corrected chi connectivity index (χ2v) is 3.34. The number of nitrogens with two attached hydrogens (primary N) is 1. The standard InChI is InChI=1S/C9H17N5O3/c1-17-5-9-12-7(2-8(13-9)14-10)11-6(3-15)4-16/h2,6,15-16H,3-5,10H2,1H3,(H2,11,12,13,14). The van der Waals surface area contributed by atoms with E-state index in [0.29, 0.717) is 17.5 Å². The van der Waals surface area contributed by atoms with Crippen LogP contribution in [0.25, 0.3) is 0 Å². The monoisotopic (exact) mass is 243 g/mol. The predicted octanol–water partition coefficient (Wildman–Crippen LogP) is -1.33. The third kappa shape index (κ3) is 4.11. The van der Waals surface area contributed by atoms with Crippen molar-refractivity contribution < 1.29 is 14.9 Å². The van der Waals surface area contributed by atoms with Crippen molar-refractivity contribution in [1.82, 2.24) is 9.97 Å². The molecule has 1 aromatic heterocycles. The van der Waals surface area contributed by atoms with E-state index in [1.54, 1.807) is 6.07 Å². The molecule has 0 fully saturated rings. The zero-order valence-electron chi connectivity index (χ0n) is 9.55. The van der Waals surface area contributed by atoms with Gasteiger partial charge in [0.1, 0.15) is 18.2 Å². The molecule has 8 nitrogen and oxygen atoms in total. The molecule has 96 valence electrons. The average molecular weight is 243 g/mol. The van der Waals surface area contributed by atoms with Crippen molar-refractivity contribution in [3.05, 3.63) is 11.9 Å². The largest absolute Gasteiger partial charge is 0.394 e. The van der Waals surface area contributed by atoms with Gasteiger partial charge in [-0.15, -0.1) is 0 Å². The maximum absolute atomic E-state index is 8.96. The van der Waals surface area contributed by atoms with Crippen LogP contribution in [-0.2, 0) is 11.3 Å². The Morgan fingerprint density at radius 2 is 2.00 bits per heavy atom. The van der Waals surface area contributed by atoms with Crippen LogP contribution in [0.4, 0.5) is 11.6 Å². The summed E-state index contributed by atoms with van der Waals surface area (Å²) in [6, 6.07) is 1.09. The Bertz CT molecular complexity index is 345. The summed E-state index contributed by atoms with van der Waals surface area (Å²) in [5.41, 5.74) is 2.40. The van der Waals surface area contributed by atoms with E-state index < -0.39 is 6.04 Å². The molecule has 8 heteroatoms. The molecule has 0 atom stereocenters. The molecule has 0 unspecified atom stereocenters. The van der Waals surface area contributed by atoms with Crippen molar-refractivity contribution in [2.75, 3.05) is 31.1 Å². The third-order valence-electron chi connectivity index (χ3n) is 1.99. The maximum Gasteiger partial charge on any atom is 0.158 e. The van der Waals surface area contributed by atoms with Crippen LogP contribution in [0.5, 0.6) is 0 Å². The summed E-state index contributed by atoms with van der Waals surface area (Å²) < 4.78 is 4.92. The van der Waals surface area contributed by atoms with Crippen molar-refractivity contribution in [3.8, 4) is 0 Å². The van der Waals surface area contributed by atoms with Crippen molar-refractivity contribution >= 4 is 11.6 Å². The molecule has 0 radical (unpaired) electrons. The first kappa shape index (κ1) is 13.6. The summed E-state index contributed by atoms with van der Waals surface area (Å²) in [5.74, 6) is 6.59. The first-order valence-corrected chi connectivity index (χ1v) is 5.05. The summed E-state index contributed by atoms with van der Waals surface area (Å²) in [6.07, 6.45) is 0. The number of anilines is 2. The van der Waals surface area contributed by atoms with Crippen LogP contribution in [0, 0.1) is 0 Å². The van der Waals surface area contributed by atoms with Gasteiger partial charge in [-0.2, -0.15) is 0 Å². The number of nitrogen functional groups attached to an aromatic ring is 1. The Kier molecular flexibility index (Phi) is 5.57. The van der Waals surface area contributed by atoms with Crippen LogP contribution >= 0.6 is 0 Å². The van der Waals surface area contributed by atoms with Crippen LogP contribution in [-0.4, -0.2) is 46.5 Å². The predicted molar refractivity (Wildman–Crippen MR) is 62.1 cm³/mol. The van der Waals surface area contributed by atoms with Crippen LogP contribution in [0.1, 0.15) is 5.82 Å². The normalized spacial score (nSPS) is 10.6. The summed E-state index contributed by atoms with van der Waals surface area (Å²) in [5, 5.41) is 20.8. The van der Waals surface area contributed by atoms with Gasteiger partial charge < -0.3 is 25.7 Å². The number of ether oxygens (including phenoxy) is 1. The Hall–Kier alpha value is -1.48. The van der Waals surface area contributed by atoms with E-state index in [4.69, 9.17) is 20.8 Å². The average Bonchev–Trinajstić information content (AvgIpc) is 2.36. The molecule has 1 rings (SSSR count). The molecule has 1 heterocycles. The molecule has 0 aliphatic rings. The summed E-state index contributed by atoms with van der Waals surface area (Å²) in [4.78, 5) is 8.21. The van der Waals surface area contributed by atoms with Gasteiger partial charge in [-0.1, -0.05) is 0 Å². The molecule has 1 aromatic rings. The minimum Gasteiger partial charge on any atom is -0.394 e. The van der Waals surface area contributed by atoms with Gasteiger partial charge >= 0.3 is 0 Å². The van der Waals surface area contributed by atoms with Gasteiger partial charge in [-0.3, -0.25) is 0 Å². The molecule has 0 bridgehead atoms. The number of hydrazine groups is 1. The topological polar surface area (TPSA) is 126 Å². The summed E-state index contributed by atoms with van der Waals surface area (Å²) in [7, 11) is 1.53. The Balaban J connectivity index is 2.85. The minimum atomic E-state index is -0.481. The molecule has 0 aliphatic heterocycles. The molecular formula is C9H17N5O3. The molecule has 0 aromatic carbocycles. The second-order valence-electron chi connectivity index (χ2n) is 3.34. The number of hydrogen-bond acceptors (Lipinski definition) is 8. The number of aliphatic hydroxyl groups is 2. The van der Waals surface area contributed by atoms with Gasteiger partial charge in [0, 0.05) is 13.2 Å². The zero-order valence-corrected chi connectivity index (χ0v) is 9.55. The molecular weight excluding hydrogens is 226 g/mol. The Morgan fingerprint density at radius 3 is 2.53 bits per heavy atom. The van der Waals surface area contributed by atoms with E-state index in [9.17, 15) is 0 Å². The minimum absolute atomic E-state index is 0.203. The van der Waals surface area contributed by atoms with E-state index in [1.165, 1.54) is 7.11 Å². The molecule has 0 spiro atoms. The number of aromatic nitrogens is 2. The smallest absolute Gasteiger partial charge is 0.158 e. The van der Waals surface area contributed by atoms with E-state index >= 15 is 0 Å². The van der Waals surface area contributed by atoms with Crippen LogP contribution in [0.2, 0.25) is 0 Å². The highest BCUT2D eigenvalue weighted by molar-refractivity contribution is 5.47. The van der Waals surface area contributed by atoms with Crippen molar-refractivity contribution in [1.29, 1.82) is 0 Å². The van der Waals surface area contributed by atoms with Gasteiger partial charge in [0.25, 0.3) is 0 Å². The van der Waals surface area contributed by atoms with E-state index in [2.05, 4.69) is 20.7 Å².